The van der Waals surface area contributed by atoms with Gasteiger partial charge >= 0.3 is 0 Å². The average Bonchev–Trinajstić information content (AvgIpc) is 3.19. The Morgan fingerprint density at radius 1 is 1.18 bits per heavy atom. The Labute approximate surface area is 170 Å². The van der Waals surface area contributed by atoms with Gasteiger partial charge in [0.15, 0.2) is 0 Å². The van der Waals surface area contributed by atoms with Crippen molar-refractivity contribution in [2.75, 3.05) is 26.7 Å². The van der Waals surface area contributed by atoms with Gasteiger partial charge in [0.2, 0.25) is 0 Å². The van der Waals surface area contributed by atoms with Crippen molar-refractivity contribution in [1.29, 1.82) is 0 Å². The molecule has 1 aliphatic heterocycles. The first-order valence-corrected chi connectivity index (χ1v) is 10.6. The molecule has 0 bridgehead atoms. The lowest BCUT2D eigenvalue weighted by Crippen LogP contribution is -2.42. The normalized spacial score (nSPS) is 21.6. The van der Waals surface area contributed by atoms with Crippen molar-refractivity contribution in [2.45, 2.75) is 58.5 Å². The minimum absolute atomic E-state index is 0.0690. The summed E-state index contributed by atoms with van der Waals surface area (Å²) in [6.45, 7) is 13.3. The van der Waals surface area contributed by atoms with Crippen molar-refractivity contribution in [3.05, 3.63) is 35.4 Å². The van der Waals surface area contributed by atoms with Crippen LogP contribution < -0.4 is 0 Å². The van der Waals surface area contributed by atoms with Gasteiger partial charge in [0.1, 0.15) is 0 Å². The lowest BCUT2D eigenvalue weighted by Gasteiger charge is -2.42. The Morgan fingerprint density at radius 3 is 2.54 bits per heavy atom. The maximum Gasteiger partial charge on any atom is 0.0722 e. The fourth-order valence-corrected chi connectivity index (χ4v) is 4.81. The molecule has 0 aromatic carbocycles. The molecule has 1 aliphatic rings. The molecule has 0 aliphatic carbocycles. The number of rotatable bonds is 6. The van der Waals surface area contributed by atoms with Gasteiger partial charge in [0.25, 0.3) is 0 Å². The molecule has 6 nitrogen and oxygen atoms in total. The van der Waals surface area contributed by atoms with E-state index in [1.54, 1.807) is 0 Å². The second-order valence-electron chi connectivity index (χ2n) is 9.55. The van der Waals surface area contributed by atoms with Crippen LogP contribution >= 0.6 is 0 Å². The van der Waals surface area contributed by atoms with Crippen LogP contribution in [0.2, 0.25) is 0 Å². The van der Waals surface area contributed by atoms with Crippen LogP contribution in [-0.2, 0) is 26.1 Å². The second-order valence-corrected chi connectivity index (χ2v) is 9.55. The third-order valence-corrected chi connectivity index (χ3v) is 5.93. The number of aryl methyl sites for hydroxylation is 2. The molecule has 0 unspecified atom stereocenters. The molecule has 0 radical (unpaired) electrons. The maximum absolute atomic E-state index is 4.74. The van der Waals surface area contributed by atoms with E-state index in [0.717, 1.165) is 19.6 Å². The maximum atomic E-state index is 4.74. The van der Waals surface area contributed by atoms with Crippen molar-refractivity contribution < 1.29 is 0 Å². The minimum atomic E-state index is 0.0690. The number of nitrogens with zero attached hydrogens (tertiary/aromatic N) is 6. The lowest BCUT2D eigenvalue weighted by atomic mass is 9.85. The van der Waals surface area contributed by atoms with Crippen molar-refractivity contribution in [1.82, 2.24) is 29.4 Å². The first kappa shape index (κ1) is 21.1. The highest BCUT2D eigenvalue weighted by atomic mass is 15.3. The van der Waals surface area contributed by atoms with E-state index in [4.69, 9.17) is 5.10 Å². The fourth-order valence-electron chi connectivity index (χ4n) is 4.81. The van der Waals surface area contributed by atoms with Gasteiger partial charge < -0.3 is 4.90 Å². The molecule has 6 heteroatoms. The van der Waals surface area contributed by atoms with Gasteiger partial charge in [-0.25, -0.2) is 0 Å². The van der Waals surface area contributed by atoms with Gasteiger partial charge in [-0.3, -0.25) is 14.3 Å². The van der Waals surface area contributed by atoms with Crippen molar-refractivity contribution >= 4 is 0 Å². The summed E-state index contributed by atoms with van der Waals surface area (Å²) in [5.41, 5.74) is 3.99. The molecule has 3 heterocycles. The molecule has 2 atom stereocenters. The fraction of sp³-hybridized carbons (Fsp3) is 0.727. The van der Waals surface area contributed by atoms with Gasteiger partial charge in [0, 0.05) is 62.2 Å². The van der Waals surface area contributed by atoms with Crippen molar-refractivity contribution in [3.63, 3.8) is 0 Å². The van der Waals surface area contributed by atoms with E-state index in [1.807, 2.05) is 23.5 Å². The van der Waals surface area contributed by atoms with Crippen LogP contribution in [-0.4, -0.2) is 56.0 Å². The molecule has 1 saturated heterocycles. The molecule has 1 fully saturated rings. The first-order valence-electron chi connectivity index (χ1n) is 10.6. The predicted octanol–water partition coefficient (Wildman–Crippen LogP) is 3.36. The molecular weight excluding hydrogens is 348 g/mol. The van der Waals surface area contributed by atoms with Crippen LogP contribution in [0.25, 0.3) is 0 Å². The van der Waals surface area contributed by atoms with Crippen LogP contribution in [0.3, 0.4) is 0 Å². The zero-order valence-electron chi connectivity index (χ0n) is 18.8. The van der Waals surface area contributed by atoms with E-state index < -0.39 is 0 Å². The topological polar surface area (TPSA) is 42.1 Å². The average molecular weight is 387 g/mol. The largest absolute Gasteiger partial charge is 0.302 e. The molecule has 156 valence electrons. The molecule has 2 aromatic heterocycles. The SMILES string of the molecule is CCN1CCC[C@@H](CN(C)Cc2cn(C)nc2C(C)(C)C)[C@@H]1c1cnn(C)c1. The van der Waals surface area contributed by atoms with Crippen LogP contribution in [0, 0.1) is 5.92 Å². The summed E-state index contributed by atoms with van der Waals surface area (Å²) in [5, 5.41) is 9.19. The van der Waals surface area contributed by atoms with Crippen LogP contribution in [0.5, 0.6) is 0 Å². The standard InChI is InChI=1S/C22H38N6/c1-8-28-11-9-10-17(20(28)18-12-23-26(6)15-18)13-25(5)14-19-16-27(7)24-21(19)22(2,3)4/h12,15-17,20H,8-11,13-14H2,1-7H3/t17-,20+/m0/s1. The summed E-state index contributed by atoms with van der Waals surface area (Å²) >= 11 is 0. The molecular formula is C22H38N6. The zero-order chi connectivity index (χ0) is 20.5. The molecule has 2 aromatic rings. The Hall–Kier alpha value is -1.66. The highest BCUT2D eigenvalue weighted by Gasteiger charge is 2.33. The van der Waals surface area contributed by atoms with Crippen molar-refractivity contribution in [2.24, 2.45) is 20.0 Å². The smallest absolute Gasteiger partial charge is 0.0722 e. The van der Waals surface area contributed by atoms with Crippen LogP contribution in [0.1, 0.15) is 63.4 Å². The number of piperidine rings is 1. The highest BCUT2D eigenvalue weighted by Crippen LogP contribution is 2.36. The van der Waals surface area contributed by atoms with Gasteiger partial charge in [-0.05, 0) is 38.9 Å². The van der Waals surface area contributed by atoms with Gasteiger partial charge in [0.05, 0.1) is 11.9 Å². The summed E-state index contributed by atoms with van der Waals surface area (Å²) in [5.74, 6) is 0.623. The number of aromatic nitrogens is 4. The molecule has 0 N–H and O–H groups in total. The second kappa shape index (κ2) is 8.37. The number of hydrogen-bond acceptors (Lipinski definition) is 4. The Balaban J connectivity index is 1.76. The van der Waals surface area contributed by atoms with E-state index >= 15 is 0 Å². The van der Waals surface area contributed by atoms with Gasteiger partial charge in [-0.1, -0.05) is 27.7 Å². The third kappa shape index (κ3) is 4.66. The summed E-state index contributed by atoms with van der Waals surface area (Å²) in [7, 11) is 6.29. The zero-order valence-corrected chi connectivity index (χ0v) is 18.8. The van der Waals surface area contributed by atoms with E-state index in [2.05, 4.69) is 68.2 Å². The van der Waals surface area contributed by atoms with Crippen LogP contribution in [0.15, 0.2) is 18.6 Å². The lowest BCUT2D eigenvalue weighted by molar-refractivity contribution is 0.0748. The quantitative estimate of drug-likeness (QED) is 0.763. The summed E-state index contributed by atoms with van der Waals surface area (Å²) in [6, 6.07) is 0.464. The predicted molar refractivity (Wildman–Crippen MR) is 114 cm³/mol. The monoisotopic (exact) mass is 386 g/mol. The van der Waals surface area contributed by atoms with E-state index in [9.17, 15) is 0 Å². The van der Waals surface area contributed by atoms with Crippen LogP contribution in [0.4, 0.5) is 0 Å². The Bertz CT molecular complexity index is 768. The summed E-state index contributed by atoms with van der Waals surface area (Å²) in [6.07, 6.45) is 9.01. The van der Waals surface area contributed by atoms with E-state index in [-0.39, 0.29) is 5.41 Å². The number of likely N-dealkylation sites (tertiary alicyclic amines) is 1. The molecule has 28 heavy (non-hydrogen) atoms. The molecule has 3 rings (SSSR count). The van der Waals surface area contributed by atoms with Gasteiger partial charge in [-0.2, -0.15) is 10.2 Å². The van der Waals surface area contributed by atoms with E-state index in [0.29, 0.717) is 12.0 Å². The first-order chi connectivity index (χ1) is 13.2. The highest BCUT2D eigenvalue weighted by molar-refractivity contribution is 5.24. The van der Waals surface area contributed by atoms with Crippen molar-refractivity contribution in [3.8, 4) is 0 Å². The summed E-state index contributed by atoms with van der Waals surface area (Å²) < 4.78 is 3.89. The minimum Gasteiger partial charge on any atom is -0.302 e. The number of hydrogen-bond donors (Lipinski definition) is 0. The third-order valence-electron chi connectivity index (χ3n) is 5.93. The van der Waals surface area contributed by atoms with E-state index in [1.165, 1.54) is 36.2 Å². The Morgan fingerprint density at radius 2 is 1.93 bits per heavy atom. The summed E-state index contributed by atoms with van der Waals surface area (Å²) in [4.78, 5) is 5.11. The van der Waals surface area contributed by atoms with Gasteiger partial charge in [-0.15, -0.1) is 0 Å². The molecule has 0 spiro atoms. The Kier molecular flexibility index (Phi) is 6.30. The molecule has 0 amide bonds. The molecule has 0 saturated carbocycles.